The van der Waals surface area contributed by atoms with Crippen LogP contribution in [0.2, 0.25) is 0 Å². The molecule has 0 atom stereocenters. The molecule has 90 valence electrons. The maximum absolute atomic E-state index is 4.15. The van der Waals surface area contributed by atoms with Gasteiger partial charge in [-0.3, -0.25) is 4.68 Å². The molecule has 2 rings (SSSR count). The zero-order chi connectivity index (χ0) is 12.3. The zero-order valence-corrected chi connectivity index (χ0v) is 11.7. The van der Waals surface area contributed by atoms with Crippen molar-refractivity contribution in [3.05, 3.63) is 45.7 Å². The molecule has 0 radical (unpaired) electrons. The predicted octanol–water partition coefficient (Wildman–Crippen LogP) is 3.15. The first-order chi connectivity index (χ1) is 8.19. The number of aryl methyl sites for hydroxylation is 4. The number of hydrogen-bond acceptors (Lipinski definition) is 2. The van der Waals surface area contributed by atoms with E-state index in [2.05, 4.69) is 58.3 Å². The number of hydrogen-bond donors (Lipinski definition) is 0. The summed E-state index contributed by atoms with van der Waals surface area (Å²) in [5, 5.41) is 8.18. The highest BCUT2D eigenvalue weighted by Crippen LogP contribution is 2.17. The Morgan fingerprint density at radius 3 is 2.76 bits per heavy atom. The summed E-state index contributed by atoms with van der Waals surface area (Å²) in [6, 6.07) is 6.48. The zero-order valence-electron chi connectivity index (χ0n) is 10.2. The van der Waals surface area contributed by atoms with Gasteiger partial charge >= 0.3 is 0 Å². The number of benzene rings is 1. The number of nitrogens with zero attached hydrogens (tertiary/aromatic N) is 3. The Kier molecular flexibility index (Phi) is 3.94. The highest BCUT2D eigenvalue weighted by Gasteiger charge is 2.02. The lowest BCUT2D eigenvalue weighted by Crippen LogP contribution is -1.93. The van der Waals surface area contributed by atoms with Crippen molar-refractivity contribution in [1.29, 1.82) is 0 Å². The number of halogens is 1. The van der Waals surface area contributed by atoms with E-state index in [0.29, 0.717) is 0 Å². The topological polar surface area (TPSA) is 30.7 Å². The average molecular weight is 294 g/mol. The van der Waals surface area contributed by atoms with Gasteiger partial charge in [0.1, 0.15) is 0 Å². The van der Waals surface area contributed by atoms with Crippen LogP contribution >= 0.6 is 15.9 Å². The third kappa shape index (κ3) is 3.16. The van der Waals surface area contributed by atoms with Crippen molar-refractivity contribution in [2.75, 3.05) is 0 Å². The summed E-state index contributed by atoms with van der Waals surface area (Å²) in [6.07, 6.45) is 3.98. The molecule has 0 bridgehead atoms. The minimum atomic E-state index is 0.879. The summed E-state index contributed by atoms with van der Waals surface area (Å²) in [6.45, 7) is 5.06. The van der Waals surface area contributed by atoms with Crippen LogP contribution in [0.25, 0.3) is 0 Å². The maximum atomic E-state index is 4.15. The first kappa shape index (κ1) is 12.3. The van der Waals surface area contributed by atoms with Crippen LogP contribution in [0.5, 0.6) is 0 Å². The van der Waals surface area contributed by atoms with Gasteiger partial charge in [0, 0.05) is 17.2 Å². The summed E-state index contributed by atoms with van der Waals surface area (Å²) >= 11 is 3.51. The summed E-state index contributed by atoms with van der Waals surface area (Å²) in [5.74, 6) is 0. The molecule has 0 fully saturated rings. The lowest BCUT2D eigenvalue weighted by molar-refractivity contribution is 0.626. The van der Waals surface area contributed by atoms with Crippen molar-refractivity contribution in [1.82, 2.24) is 15.0 Å². The van der Waals surface area contributed by atoms with E-state index < -0.39 is 0 Å². The highest BCUT2D eigenvalue weighted by molar-refractivity contribution is 9.10. The SMILES string of the molecule is CCn1cc(CCc2ccc(Br)c(C)c2)nn1. The maximum Gasteiger partial charge on any atom is 0.0830 e. The third-order valence-electron chi connectivity index (χ3n) is 2.80. The molecule has 0 amide bonds. The molecule has 0 aliphatic carbocycles. The second kappa shape index (κ2) is 5.45. The molecule has 0 spiro atoms. The first-order valence-electron chi connectivity index (χ1n) is 5.83. The van der Waals surface area contributed by atoms with E-state index in [4.69, 9.17) is 0 Å². The Bertz CT molecular complexity index is 505. The van der Waals surface area contributed by atoms with Crippen molar-refractivity contribution in [2.45, 2.75) is 33.2 Å². The van der Waals surface area contributed by atoms with Gasteiger partial charge in [0.2, 0.25) is 0 Å². The normalized spacial score (nSPS) is 10.8. The Hall–Kier alpha value is -1.16. The Labute approximate surface area is 110 Å². The Balaban J connectivity index is 1.99. The lowest BCUT2D eigenvalue weighted by Gasteiger charge is -2.02. The van der Waals surface area contributed by atoms with E-state index in [-0.39, 0.29) is 0 Å². The average Bonchev–Trinajstić information content (AvgIpc) is 2.79. The summed E-state index contributed by atoms with van der Waals surface area (Å²) in [5.41, 5.74) is 3.68. The molecule has 2 aromatic rings. The van der Waals surface area contributed by atoms with Gasteiger partial charge in [0.25, 0.3) is 0 Å². The Morgan fingerprint density at radius 2 is 2.12 bits per heavy atom. The molecule has 3 nitrogen and oxygen atoms in total. The fraction of sp³-hybridized carbons (Fsp3) is 0.385. The van der Waals surface area contributed by atoms with Crippen LogP contribution in [-0.2, 0) is 19.4 Å². The molecule has 17 heavy (non-hydrogen) atoms. The molecule has 4 heteroatoms. The van der Waals surface area contributed by atoms with Gasteiger partial charge in [-0.1, -0.05) is 33.3 Å². The lowest BCUT2D eigenvalue weighted by atomic mass is 10.1. The third-order valence-corrected chi connectivity index (χ3v) is 3.69. The van der Waals surface area contributed by atoms with Gasteiger partial charge in [-0.25, -0.2) is 0 Å². The van der Waals surface area contributed by atoms with E-state index in [1.54, 1.807) is 0 Å². The minimum Gasteiger partial charge on any atom is -0.253 e. The van der Waals surface area contributed by atoms with E-state index >= 15 is 0 Å². The molecule has 0 aliphatic rings. The highest BCUT2D eigenvalue weighted by atomic mass is 79.9. The molecule has 1 heterocycles. The molecule has 0 aliphatic heterocycles. The van der Waals surface area contributed by atoms with Gasteiger partial charge in [-0.2, -0.15) is 0 Å². The molecule has 1 aromatic heterocycles. The van der Waals surface area contributed by atoms with E-state index in [1.807, 2.05) is 10.9 Å². The quantitative estimate of drug-likeness (QED) is 0.867. The van der Waals surface area contributed by atoms with Crippen molar-refractivity contribution in [2.24, 2.45) is 0 Å². The van der Waals surface area contributed by atoms with Gasteiger partial charge in [0.05, 0.1) is 5.69 Å². The molecular weight excluding hydrogens is 278 g/mol. The van der Waals surface area contributed by atoms with Crippen LogP contribution in [0.4, 0.5) is 0 Å². The smallest absolute Gasteiger partial charge is 0.0830 e. The van der Waals surface area contributed by atoms with E-state index in [1.165, 1.54) is 11.1 Å². The summed E-state index contributed by atoms with van der Waals surface area (Å²) in [7, 11) is 0. The molecule has 0 saturated heterocycles. The fourth-order valence-electron chi connectivity index (χ4n) is 1.74. The van der Waals surface area contributed by atoms with E-state index in [0.717, 1.165) is 29.6 Å². The van der Waals surface area contributed by atoms with Crippen molar-refractivity contribution >= 4 is 15.9 Å². The van der Waals surface area contributed by atoms with Gasteiger partial charge in [0.15, 0.2) is 0 Å². The van der Waals surface area contributed by atoms with Crippen LogP contribution < -0.4 is 0 Å². The summed E-state index contributed by atoms with van der Waals surface area (Å²) in [4.78, 5) is 0. The van der Waals surface area contributed by atoms with Crippen LogP contribution in [0.3, 0.4) is 0 Å². The van der Waals surface area contributed by atoms with Crippen molar-refractivity contribution < 1.29 is 0 Å². The van der Waals surface area contributed by atoms with Crippen LogP contribution in [0.15, 0.2) is 28.9 Å². The molecule has 0 N–H and O–H groups in total. The fourth-order valence-corrected chi connectivity index (χ4v) is 1.99. The summed E-state index contributed by atoms with van der Waals surface area (Å²) < 4.78 is 3.03. The minimum absolute atomic E-state index is 0.879. The second-order valence-corrected chi connectivity index (χ2v) is 5.00. The van der Waals surface area contributed by atoms with Gasteiger partial charge in [-0.05, 0) is 43.9 Å². The number of rotatable bonds is 4. The van der Waals surface area contributed by atoms with Crippen molar-refractivity contribution in [3.63, 3.8) is 0 Å². The van der Waals surface area contributed by atoms with Gasteiger partial charge in [-0.15, -0.1) is 5.10 Å². The molecular formula is C13H16BrN3. The monoisotopic (exact) mass is 293 g/mol. The molecule has 0 unspecified atom stereocenters. The van der Waals surface area contributed by atoms with Crippen LogP contribution in [0, 0.1) is 6.92 Å². The first-order valence-corrected chi connectivity index (χ1v) is 6.62. The van der Waals surface area contributed by atoms with Gasteiger partial charge < -0.3 is 0 Å². The molecule has 0 saturated carbocycles. The van der Waals surface area contributed by atoms with Crippen LogP contribution in [-0.4, -0.2) is 15.0 Å². The molecule has 1 aromatic carbocycles. The Morgan fingerprint density at radius 1 is 1.29 bits per heavy atom. The van der Waals surface area contributed by atoms with E-state index in [9.17, 15) is 0 Å². The van der Waals surface area contributed by atoms with Crippen molar-refractivity contribution in [3.8, 4) is 0 Å². The number of aromatic nitrogens is 3. The standard InChI is InChI=1S/C13H16BrN3/c1-3-17-9-12(15-16-17)6-4-11-5-7-13(14)10(2)8-11/h5,7-9H,3-4,6H2,1-2H3. The van der Waals surface area contributed by atoms with Crippen LogP contribution in [0.1, 0.15) is 23.7 Å². The largest absolute Gasteiger partial charge is 0.253 e. The second-order valence-electron chi connectivity index (χ2n) is 4.15. The predicted molar refractivity (Wildman–Crippen MR) is 72.0 cm³/mol.